The Morgan fingerprint density at radius 2 is 0.847 bits per heavy atom. The molecule has 10 aromatic rings. The molecule has 0 aliphatic heterocycles. The maximum absolute atomic E-state index is 5.19. The zero-order valence-corrected chi connectivity index (χ0v) is 35.3. The first-order valence-corrected chi connectivity index (χ1v) is 22.4. The normalized spacial score (nSPS) is 11.9. The quantitative estimate of drug-likeness (QED) is 0.0919. The third kappa shape index (κ3) is 5.79. The maximum Gasteiger partial charge on any atom is 0.179 e. The number of rotatable bonds is 7. The fourth-order valence-corrected chi connectivity index (χ4v) is 14.4. The summed E-state index contributed by atoms with van der Waals surface area (Å²) in [6.07, 6.45) is 0. The summed E-state index contributed by atoms with van der Waals surface area (Å²) >= 11 is 0. The van der Waals surface area contributed by atoms with Crippen LogP contribution in [-0.2, 0) is 0 Å². The molecule has 0 bridgehead atoms. The first kappa shape index (κ1) is 36.5. The molecule has 0 radical (unpaired) electrons. The van der Waals surface area contributed by atoms with Crippen LogP contribution in [0.15, 0.2) is 158 Å². The van der Waals surface area contributed by atoms with Gasteiger partial charge in [-0.2, -0.15) is 0 Å². The van der Waals surface area contributed by atoms with Crippen LogP contribution in [0.25, 0.3) is 66.0 Å². The van der Waals surface area contributed by atoms with Gasteiger partial charge >= 0.3 is 0 Å². The van der Waals surface area contributed by atoms with Crippen molar-refractivity contribution in [3.8, 4) is 33.6 Å². The van der Waals surface area contributed by atoms with Gasteiger partial charge in [0.2, 0.25) is 0 Å². The molecule has 0 spiro atoms. The lowest BCUT2D eigenvalue weighted by Crippen LogP contribution is -2.74. The van der Waals surface area contributed by atoms with Gasteiger partial charge in [0.25, 0.3) is 0 Å². The van der Waals surface area contributed by atoms with E-state index in [4.69, 9.17) is 19.9 Å². The van der Waals surface area contributed by atoms with E-state index in [1.807, 2.05) is 13.8 Å². The molecule has 2 aromatic heterocycles. The minimum atomic E-state index is -2.78. The number of nitrogens with zero attached hydrogens (tertiary/aromatic N) is 4. The van der Waals surface area contributed by atoms with E-state index < -0.39 is 8.07 Å². The molecular formula is C54H44N4Si. The van der Waals surface area contributed by atoms with Crippen molar-refractivity contribution in [2.45, 2.75) is 41.5 Å². The van der Waals surface area contributed by atoms with Gasteiger partial charge in [0.1, 0.15) is 11.6 Å². The fourth-order valence-electron chi connectivity index (χ4n) is 9.59. The molecule has 284 valence electrons. The molecule has 0 aliphatic carbocycles. The summed E-state index contributed by atoms with van der Waals surface area (Å²) in [6, 6.07) is 59.0. The van der Waals surface area contributed by atoms with Crippen molar-refractivity contribution in [1.29, 1.82) is 0 Å². The molecule has 0 unspecified atom stereocenters. The molecule has 0 N–H and O–H groups in total. The Kier molecular flexibility index (Phi) is 8.80. The first-order valence-electron chi connectivity index (χ1n) is 20.4. The summed E-state index contributed by atoms with van der Waals surface area (Å²) in [5.41, 5.74) is 10.6. The highest BCUT2D eigenvalue weighted by molar-refractivity contribution is 7.19. The van der Waals surface area contributed by atoms with Gasteiger partial charge < -0.3 is 0 Å². The minimum absolute atomic E-state index is 0.761. The monoisotopic (exact) mass is 776 g/mol. The summed E-state index contributed by atoms with van der Waals surface area (Å²) in [7, 11) is -2.78. The molecule has 0 saturated carbocycles. The van der Waals surface area contributed by atoms with Crippen molar-refractivity contribution in [2.75, 3.05) is 0 Å². The van der Waals surface area contributed by atoms with Gasteiger partial charge in [-0.1, -0.05) is 146 Å². The van der Waals surface area contributed by atoms with Crippen molar-refractivity contribution in [2.24, 2.45) is 0 Å². The fraction of sp³-hybridized carbons (Fsp3) is 0.111. The van der Waals surface area contributed by atoms with E-state index in [2.05, 4.69) is 185 Å². The number of aryl methyl sites for hydroxylation is 4. The van der Waals surface area contributed by atoms with E-state index >= 15 is 0 Å². The van der Waals surface area contributed by atoms with E-state index in [1.165, 1.54) is 64.2 Å². The van der Waals surface area contributed by atoms with Crippen LogP contribution in [-0.4, -0.2) is 28.0 Å². The number of hydrogen-bond donors (Lipinski definition) is 0. The molecule has 59 heavy (non-hydrogen) atoms. The molecular weight excluding hydrogens is 733 g/mol. The van der Waals surface area contributed by atoms with Crippen molar-refractivity contribution in [3.63, 3.8) is 0 Å². The van der Waals surface area contributed by atoms with Gasteiger partial charge in [-0.25, -0.2) is 19.9 Å². The highest BCUT2D eigenvalue weighted by atomic mass is 28.3. The predicted molar refractivity (Wildman–Crippen MR) is 250 cm³/mol. The van der Waals surface area contributed by atoms with Crippen LogP contribution >= 0.6 is 0 Å². The first-order chi connectivity index (χ1) is 28.7. The second-order valence-electron chi connectivity index (χ2n) is 15.9. The molecule has 4 nitrogen and oxygen atoms in total. The number of aromatic nitrogens is 4. The smallest absolute Gasteiger partial charge is 0.179 e. The Balaban J connectivity index is 1.33. The van der Waals surface area contributed by atoms with E-state index in [0.717, 1.165) is 56.7 Å². The molecule has 5 heteroatoms. The minimum Gasteiger partial charge on any atom is -0.238 e. The lowest BCUT2D eigenvalue weighted by Gasteiger charge is -2.34. The van der Waals surface area contributed by atoms with E-state index in [9.17, 15) is 0 Å². The topological polar surface area (TPSA) is 51.6 Å². The standard InChI is InChI=1S/C54H44N4Si/c1-33-35(3)55-37(5)57-53(33)49-32-50(54-34(2)36(4)56-38(6)58-54)48-31-47(45-27-17-18-39-28-29-46(49)52(48)51(39)45)40-19-16-26-44(30-40)59(41-20-10-7-11-21-41,42-22-12-8-13-23-42)43-24-14-9-15-25-43/h7-32H,1-6H3. The molecule has 8 aromatic carbocycles. The van der Waals surface area contributed by atoms with Crippen LogP contribution in [0.1, 0.15) is 34.2 Å². The lowest BCUT2D eigenvalue weighted by atomic mass is 9.83. The Labute approximate surface area is 346 Å². The number of hydrogen-bond acceptors (Lipinski definition) is 4. The van der Waals surface area contributed by atoms with Gasteiger partial charge in [-0.15, -0.1) is 0 Å². The van der Waals surface area contributed by atoms with Gasteiger partial charge in [-0.3, -0.25) is 0 Å². The summed E-state index contributed by atoms with van der Waals surface area (Å²) in [5.74, 6) is 1.53. The summed E-state index contributed by atoms with van der Waals surface area (Å²) in [4.78, 5) is 19.8. The van der Waals surface area contributed by atoms with Crippen molar-refractivity contribution in [1.82, 2.24) is 19.9 Å². The Hall–Kier alpha value is -6.82. The lowest BCUT2D eigenvalue weighted by molar-refractivity contribution is 0.990. The van der Waals surface area contributed by atoms with E-state index in [-0.39, 0.29) is 0 Å². The molecule has 0 aliphatic rings. The van der Waals surface area contributed by atoms with Gasteiger partial charge in [0.15, 0.2) is 8.07 Å². The third-order valence-corrected chi connectivity index (χ3v) is 17.3. The highest BCUT2D eigenvalue weighted by Gasteiger charge is 2.41. The second-order valence-corrected chi connectivity index (χ2v) is 19.7. The van der Waals surface area contributed by atoms with Crippen molar-refractivity contribution >= 4 is 61.1 Å². The van der Waals surface area contributed by atoms with Crippen LogP contribution in [0.2, 0.25) is 0 Å². The van der Waals surface area contributed by atoms with E-state index in [1.54, 1.807) is 0 Å². The van der Waals surface area contributed by atoms with Crippen LogP contribution < -0.4 is 20.7 Å². The van der Waals surface area contributed by atoms with Crippen LogP contribution in [0, 0.1) is 41.5 Å². The maximum atomic E-state index is 5.19. The average Bonchev–Trinajstić information content (AvgIpc) is 3.26. The van der Waals surface area contributed by atoms with Gasteiger partial charge in [0, 0.05) is 22.5 Å². The van der Waals surface area contributed by atoms with E-state index in [0.29, 0.717) is 0 Å². The van der Waals surface area contributed by atoms with Crippen LogP contribution in [0.3, 0.4) is 0 Å². The van der Waals surface area contributed by atoms with Crippen LogP contribution in [0.4, 0.5) is 0 Å². The SMILES string of the molecule is Cc1nc(C)c(C)c(-c2cc(-c3nc(C)nc(C)c3C)c3cc(-c4cccc([Si](c5ccccc5)(c5ccccc5)c5ccccc5)c4)c4cccc5ccc2c3c54)n1. The summed E-state index contributed by atoms with van der Waals surface area (Å²) in [5, 5.41) is 12.7. The zero-order valence-electron chi connectivity index (χ0n) is 34.3. The third-order valence-electron chi connectivity index (χ3n) is 12.5. The van der Waals surface area contributed by atoms with Crippen molar-refractivity contribution in [3.05, 3.63) is 192 Å². The number of benzene rings is 8. The molecule has 0 amide bonds. The molecule has 10 rings (SSSR count). The Morgan fingerprint density at radius 3 is 1.41 bits per heavy atom. The molecule has 0 fully saturated rings. The predicted octanol–water partition coefficient (Wildman–Crippen LogP) is 10.4. The highest BCUT2D eigenvalue weighted by Crippen LogP contribution is 2.47. The summed E-state index contributed by atoms with van der Waals surface area (Å²) < 4.78 is 0. The molecule has 2 heterocycles. The molecule has 0 saturated heterocycles. The van der Waals surface area contributed by atoms with Gasteiger partial charge in [-0.05, 0) is 129 Å². The zero-order chi connectivity index (χ0) is 40.4. The van der Waals surface area contributed by atoms with Crippen LogP contribution in [0.5, 0.6) is 0 Å². The Morgan fingerprint density at radius 1 is 0.356 bits per heavy atom. The Bertz CT molecular complexity index is 3120. The molecule has 0 atom stereocenters. The van der Waals surface area contributed by atoms with Gasteiger partial charge in [0.05, 0.1) is 11.4 Å². The summed E-state index contributed by atoms with van der Waals surface area (Å²) in [6.45, 7) is 12.4. The second kappa shape index (κ2) is 14.2. The largest absolute Gasteiger partial charge is 0.238 e. The average molecular weight is 777 g/mol. The van der Waals surface area contributed by atoms with Crippen molar-refractivity contribution < 1.29 is 0 Å².